The Bertz CT molecular complexity index is 8150. The van der Waals surface area contributed by atoms with Gasteiger partial charge in [0.2, 0.25) is 0 Å². The van der Waals surface area contributed by atoms with Crippen molar-refractivity contribution in [3.05, 3.63) is 441 Å². The molecule has 1 spiro atoms. The molecule has 2 aliphatic rings. The van der Waals surface area contributed by atoms with E-state index in [-0.39, 0.29) is 0 Å². The molecular formula is C113H69N3O2S3. The van der Waals surface area contributed by atoms with Crippen LogP contribution in [0.3, 0.4) is 0 Å². The summed E-state index contributed by atoms with van der Waals surface area (Å²) in [6, 6.07) is 155. The third-order valence-electron chi connectivity index (χ3n) is 25.0. The van der Waals surface area contributed by atoms with Crippen LogP contribution >= 0.6 is 34.4 Å². The van der Waals surface area contributed by atoms with Crippen LogP contribution in [0.25, 0.3) is 151 Å². The van der Waals surface area contributed by atoms with Crippen molar-refractivity contribution in [2.24, 2.45) is 0 Å². The molecule has 0 fully saturated rings. The molecule has 1 unspecified atom stereocenters. The molecule has 8 heteroatoms. The van der Waals surface area contributed by atoms with Crippen LogP contribution < -0.4 is 14.7 Å². The zero-order valence-electron chi connectivity index (χ0n) is 65.2. The van der Waals surface area contributed by atoms with E-state index in [0.717, 1.165) is 149 Å². The van der Waals surface area contributed by atoms with Crippen LogP contribution in [0.2, 0.25) is 0 Å². The minimum atomic E-state index is -0.889. The molecule has 0 saturated carbocycles. The minimum Gasteiger partial charge on any atom is -0.456 e. The predicted octanol–water partition coefficient (Wildman–Crippen LogP) is 33.3. The van der Waals surface area contributed by atoms with E-state index in [2.05, 4.69) is 433 Å². The maximum atomic E-state index is 7.09. The maximum Gasteiger partial charge on any atom is 0.143 e. The smallest absolute Gasteiger partial charge is 0.143 e. The molecular weight excluding hydrogens is 1530 g/mol. The highest BCUT2D eigenvalue weighted by Crippen LogP contribution is 2.66. The number of fused-ring (bicyclic) bond motifs is 22. The Kier molecular flexibility index (Phi) is 15.9. The fraction of sp³-hybridized carbons (Fsp3) is 0.00885. The number of para-hydroxylation sites is 3. The van der Waals surface area contributed by atoms with Gasteiger partial charge < -0.3 is 23.5 Å². The second-order valence-corrected chi connectivity index (χ2v) is 34.9. The highest BCUT2D eigenvalue weighted by atomic mass is 32.2. The molecule has 0 radical (unpaired) electrons. The molecule has 19 aromatic carbocycles. The highest BCUT2D eigenvalue weighted by molar-refractivity contribution is 7.99. The van der Waals surface area contributed by atoms with Gasteiger partial charge in [0.1, 0.15) is 22.3 Å². The molecule has 1 atom stereocenters. The Hall–Kier alpha value is -14.8. The van der Waals surface area contributed by atoms with E-state index in [9.17, 15) is 0 Å². The number of nitrogens with zero attached hydrogens (tertiary/aromatic N) is 3. The van der Waals surface area contributed by atoms with E-state index >= 15 is 0 Å². The van der Waals surface area contributed by atoms with Crippen molar-refractivity contribution in [3.8, 4) is 55.6 Å². The average Bonchev–Trinajstić information content (AvgIpc) is 1.52. The lowest BCUT2D eigenvalue weighted by Gasteiger charge is -2.41. The number of furan rings is 2. The summed E-state index contributed by atoms with van der Waals surface area (Å²) in [5, 5.41) is 11.6. The third kappa shape index (κ3) is 11.0. The second kappa shape index (κ2) is 27.7. The molecule has 5 heterocycles. The number of rotatable bonds is 13. The number of benzene rings is 19. The molecule has 0 N–H and O–H groups in total. The van der Waals surface area contributed by atoms with Crippen molar-refractivity contribution in [3.63, 3.8) is 0 Å². The van der Waals surface area contributed by atoms with Gasteiger partial charge in [0.05, 0.1) is 16.8 Å². The van der Waals surface area contributed by atoms with E-state index in [1.165, 1.54) is 84.7 Å². The monoisotopic (exact) mass is 1600 g/mol. The van der Waals surface area contributed by atoms with Crippen molar-refractivity contribution >= 4 is 181 Å². The maximum absolute atomic E-state index is 7.09. The first-order valence-corrected chi connectivity index (χ1v) is 43.6. The van der Waals surface area contributed by atoms with Gasteiger partial charge in [-0.2, -0.15) is 0 Å². The molecule has 0 bridgehead atoms. The summed E-state index contributed by atoms with van der Waals surface area (Å²) in [4.78, 5) is 9.80. The summed E-state index contributed by atoms with van der Waals surface area (Å²) in [5.74, 6) is 0. The molecule has 566 valence electrons. The van der Waals surface area contributed by atoms with E-state index in [1.54, 1.807) is 0 Å². The number of hydrogen-bond acceptors (Lipinski definition) is 8. The summed E-state index contributed by atoms with van der Waals surface area (Å²) in [5.41, 5.74) is 27.9. The Morgan fingerprint density at radius 2 is 0.719 bits per heavy atom. The lowest BCUT2D eigenvalue weighted by molar-refractivity contribution is 0.669. The molecule has 0 amide bonds. The summed E-state index contributed by atoms with van der Waals surface area (Å²) in [6.07, 6.45) is 0. The van der Waals surface area contributed by atoms with Gasteiger partial charge >= 0.3 is 0 Å². The van der Waals surface area contributed by atoms with Gasteiger partial charge in [0.25, 0.3) is 0 Å². The molecule has 1 aliphatic heterocycles. The lowest BCUT2D eigenvalue weighted by Crippen LogP contribution is -2.32. The van der Waals surface area contributed by atoms with Crippen molar-refractivity contribution in [2.75, 3.05) is 14.7 Å². The van der Waals surface area contributed by atoms with Gasteiger partial charge in [-0.1, -0.05) is 291 Å². The van der Waals surface area contributed by atoms with Gasteiger partial charge in [-0.3, -0.25) is 0 Å². The molecule has 5 nitrogen and oxygen atoms in total. The van der Waals surface area contributed by atoms with Gasteiger partial charge in [0.15, 0.2) is 0 Å². The lowest BCUT2D eigenvalue weighted by atomic mass is 9.67. The van der Waals surface area contributed by atoms with Crippen LogP contribution in [-0.2, 0) is 5.41 Å². The van der Waals surface area contributed by atoms with Crippen molar-refractivity contribution in [2.45, 2.75) is 15.2 Å². The fourth-order valence-corrected chi connectivity index (χ4v) is 23.3. The first-order valence-electron chi connectivity index (χ1n) is 41.1. The Morgan fingerprint density at radius 3 is 1.45 bits per heavy atom. The molecule has 23 aromatic rings. The van der Waals surface area contributed by atoms with Crippen LogP contribution in [-0.4, -0.2) is 0 Å². The number of anilines is 9. The Labute approximate surface area is 710 Å². The number of thiophene rings is 2. The van der Waals surface area contributed by atoms with Gasteiger partial charge in [0, 0.05) is 129 Å². The summed E-state index contributed by atoms with van der Waals surface area (Å²) in [6.45, 7) is 0. The summed E-state index contributed by atoms with van der Waals surface area (Å²) < 4.78 is 19.1. The van der Waals surface area contributed by atoms with Crippen LogP contribution in [0.1, 0.15) is 22.3 Å². The van der Waals surface area contributed by atoms with E-state index in [1.807, 2.05) is 34.4 Å². The topological polar surface area (TPSA) is 36.0 Å². The Morgan fingerprint density at radius 1 is 0.223 bits per heavy atom. The van der Waals surface area contributed by atoms with Crippen LogP contribution in [0.4, 0.5) is 51.2 Å². The average molecular weight is 1600 g/mol. The first kappa shape index (κ1) is 69.4. The fourth-order valence-electron chi connectivity index (χ4n) is 19.8. The molecule has 1 aliphatic carbocycles. The zero-order valence-corrected chi connectivity index (χ0v) is 67.7. The molecule has 4 aromatic heterocycles. The van der Waals surface area contributed by atoms with Crippen LogP contribution in [0.15, 0.2) is 437 Å². The van der Waals surface area contributed by atoms with Gasteiger partial charge in [-0.25, -0.2) is 0 Å². The summed E-state index contributed by atoms with van der Waals surface area (Å²) >= 11 is 5.58. The van der Waals surface area contributed by atoms with Crippen LogP contribution in [0, 0.1) is 0 Å². The SMILES string of the molecule is c1ccc(-c2ccc(N(c3ccc4c(c3)Sc3cc(N(c5ccccc5)c5cc(-c6ccccc6)c6c(c5)sc5ccccc56)ccc3C43c4ccccc4-c4c(N(c5cc(-c6ccccc6)c6c(c5)oc5ccccc56)c5ccc6sc7ccccc7c6c5)cccc43)c3cc(-c4ccc5ccccc5c4)c4oc5ccccc5c4c3)cc2)cc1. The van der Waals surface area contributed by atoms with Crippen molar-refractivity contribution in [1.29, 1.82) is 0 Å². The standard InChI is InChI=1S/C113H69N3O2S3/c1-5-26-70(27-6-1)72-50-52-78(53-51-72)115(82-64-92(76-49-48-71-28-13-14-33-75(71)60-76)112-94(65-82)85-36-16-21-44-100(85)118-112)81-55-58-97-107(68-81)121-106-67-80(114(77-34-11-4-12-35-77)84-63-91(74-31-9-3-10-32-74)110-89-40-19-24-47-104(89)120-108(110)69-84)54-57-96(106)113(97)95-41-20-15-38-87(95)111-98(113)42-25-43-99(111)116(79-56-59-105-93(61-79)86-37-18-23-46-103(86)119-105)83-62-90(73-29-7-2-8-30-73)109-88-39-17-22-45-101(88)117-102(109)66-83/h1-69H. The molecule has 0 saturated heterocycles. The van der Waals surface area contributed by atoms with E-state index < -0.39 is 5.41 Å². The third-order valence-corrected chi connectivity index (χ3v) is 28.4. The second-order valence-electron chi connectivity index (χ2n) is 31.7. The van der Waals surface area contributed by atoms with E-state index in [4.69, 9.17) is 8.83 Å². The number of hydrogen-bond donors (Lipinski definition) is 0. The molecule has 25 rings (SSSR count). The highest BCUT2D eigenvalue weighted by Gasteiger charge is 2.52. The first-order chi connectivity index (χ1) is 59.9. The largest absolute Gasteiger partial charge is 0.456 e. The predicted molar refractivity (Wildman–Crippen MR) is 512 cm³/mol. The van der Waals surface area contributed by atoms with Crippen molar-refractivity contribution < 1.29 is 8.83 Å². The van der Waals surface area contributed by atoms with Gasteiger partial charge in [-0.15, -0.1) is 22.7 Å². The van der Waals surface area contributed by atoms with Gasteiger partial charge in [-0.05, 0) is 211 Å². The zero-order chi connectivity index (χ0) is 79.4. The molecule has 121 heavy (non-hydrogen) atoms. The van der Waals surface area contributed by atoms with E-state index in [0.29, 0.717) is 0 Å². The van der Waals surface area contributed by atoms with Crippen molar-refractivity contribution in [1.82, 2.24) is 0 Å². The summed E-state index contributed by atoms with van der Waals surface area (Å²) in [7, 11) is 0. The normalized spacial score (nSPS) is 13.5. The Balaban J connectivity index is 0.756. The minimum absolute atomic E-state index is 0.821. The quantitative estimate of drug-likeness (QED) is 0.114. The van der Waals surface area contributed by atoms with Crippen LogP contribution in [0.5, 0.6) is 0 Å².